The molecule has 186 valence electrons. The first kappa shape index (κ1) is 26.9. The molecule has 2 N–H and O–H groups in total. The van der Waals surface area contributed by atoms with Crippen molar-refractivity contribution in [2.45, 2.75) is 13.3 Å². The summed E-state index contributed by atoms with van der Waals surface area (Å²) < 4.78 is 5.76. The number of imide groups is 1. The molecule has 3 aromatic rings. The molecule has 0 aliphatic rings. The summed E-state index contributed by atoms with van der Waals surface area (Å²) in [6, 6.07) is 15.9. The first-order valence-corrected chi connectivity index (χ1v) is 11.3. The van der Waals surface area contributed by atoms with E-state index in [2.05, 4.69) is 20.4 Å². The van der Waals surface area contributed by atoms with Gasteiger partial charge in [-0.05, 0) is 48.9 Å². The number of halogens is 2. The second kappa shape index (κ2) is 12.3. The second-order valence-corrected chi connectivity index (χ2v) is 8.01. The van der Waals surface area contributed by atoms with Crippen LogP contribution in [0.3, 0.4) is 0 Å². The van der Waals surface area contributed by atoms with Crippen molar-refractivity contribution in [2.24, 2.45) is 5.10 Å². The van der Waals surface area contributed by atoms with E-state index in [9.17, 15) is 14.4 Å². The summed E-state index contributed by atoms with van der Waals surface area (Å²) in [7, 11) is 0. The zero-order valence-electron chi connectivity index (χ0n) is 19.2. The normalized spacial score (nSPS) is 10.7. The maximum atomic E-state index is 12.4. The van der Waals surface area contributed by atoms with E-state index in [1.54, 1.807) is 37.3 Å². The van der Waals surface area contributed by atoms with Crippen LogP contribution in [-0.2, 0) is 16.0 Å². The second-order valence-electron chi connectivity index (χ2n) is 7.19. The Bertz CT molecular complexity index is 1510. The van der Waals surface area contributed by atoms with E-state index in [-0.39, 0.29) is 34.3 Å². The monoisotopic (exact) mass is 537 g/mol. The lowest BCUT2D eigenvalue weighted by Gasteiger charge is -2.11. The van der Waals surface area contributed by atoms with Crippen LogP contribution in [0.4, 0.5) is 10.5 Å². The number of nitrogens with zero attached hydrogens (tertiary/aromatic N) is 5. The number of benzene rings is 2. The Balaban J connectivity index is 1.82. The number of hydrogen-bond acceptors (Lipinski definition) is 9. The number of rotatable bonds is 7. The number of alkyl carbamates (subject to hydrolysis) is 1. The number of carbonyl (C=O) groups excluding carboxylic acids is 2. The summed E-state index contributed by atoms with van der Waals surface area (Å²) in [5.41, 5.74) is 3.55. The number of anilines is 1. The maximum Gasteiger partial charge on any atom is 0.414 e. The first-order valence-electron chi connectivity index (χ1n) is 10.5. The summed E-state index contributed by atoms with van der Waals surface area (Å²) in [6.07, 6.45) is -0.839. The van der Waals surface area contributed by atoms with Gasteiger partial charge in [0.05, 0.1) is 35.3 Å². The Hall–Kier alpha value is -4.71. The molecule has 37 heavy (non-hydrogen) atoms. The quantitative estimate of drug-likeness (QED) is 0.341. The molecule has 11 nitrogen and oxygen atoms in total. The SMILES string of the molecule is CCOC(=O)NC(=O)/C(C#N)=N\Nc1cc(Cl)c(Cc2ccc(=O)n(-c3cccc(C#N)c3)n2)c(Cl)c1. The van der Waals surface area contributed by atoms with Gasteiger partial charge in [0.1, 0.15) is 6.07 Å². The van der Waals surface area contributed by atoms with Gasteiger partial charge in [-0.3, -0.25) is 20.3 Å². The first-order chi connectivity index (χ1) is 17.7. The van der Waals surface area contributed by atoms with Gasteiger partial charge in [-0.2, -0.15) is 25.4 Å². The molecule has 0 radical (unpaired) electrons. The molecule has 13 heteroatoms. The number of ether oxygens (including phenoxy) is 1. The summed E-state index contributed by atoms with van der Waals surface area (Å²) in [4.78, 5) is 35.7. The number of hydrogen-bond donors (Lipinski definition) is 2. The van der Waals surface area contributed by atoms with Gasteiger partial charge in [0.15, 0.2) is 0 Å². The van der Waals surface area contributed by atoms with Gasteiger partial charge in [-0.1, -0.05) is 29.3 Å². The van der Waals surface area contributed by atoms with E-state index in [0.717, 1.165) is 0 Å². The van der Waals surface area contributed by atoms with E-state index in [0.29, 0.717) is 22.5 Å². The smallest absolute Gasteiger partial charge is 0.414 e. The van der Waals surface area contributed by atoms with Crippen molar-refractivity contribution in [3.63, 3.8) is 0 Å². The molecule has 0 saturated carbocycles. The molecular weight excluding hydrogens is 521 g/mol. The predicted molar refractivity (Wildman–Crippen MR) is 136 cm³/mol. The molecule has 1 aromatic heterocycles. The Labute approximate surface area is 220 Å². The van der Waals surface area contributed by atoms with Crippen molar-refractivity contribution in [1.82, 2.24) is 15.1 Å². The van der Waals surface area contributed by atoms with E-state index in [4.69, 9.17) is 33.7 Å². The van der Waals surface area contributed by atoms with Crippen molar-refractivity contribution >= 4 is 46.6 Å². The van der Waals surface area contributed by atoms with Gasteiger partial charge in [-0.15, -0.1) is 0 Å². The standard InChI is InChI=1S/C24H17Cl2N7O4/c1-2-37-24(36)29-23(35)21(13-28)31-30-16-10-19(25)18(20(26)11-16)9-15-6-7-22(34)33(32-15)17-5-3-4-14(8-17)12-27/h3-8,10-11,30H,2,9H2,1H3,(H,29,35,36)/b31-21-. The van der Waals surface area contributed by atoms with Gasteiger partial charge >= 0.3 is 6.09 Å². The minimum atomic E-state index is -1.05. The van der Waals surface area contributed by atoms with Crippen LogP contribution < -0.4 is 16.3 Å². The van der Waals surface area contributed by atoms with E-state index in [1.807, 2.05) is 11.4 Å². The van der Waals surface area contributed by atoms with E-state index >= 15 is 0 Å². The summed E-state index contributed by atoms with van der Waals surface area (Å²) in [5.74, 6) is -1.05. The molecule has 0 aliphatic carbocycles. The van der Waals surface area contributed by atoms with Crippen LogP contribution in [0.1, 0.15) is 23.7 Å². The van der Waals surface area contributed by atoms with Gasteiger partial charge in [0, 0.05) is 22.5 Å². The fourth-order valence-electron chi connectivity index (χ4n) is 3.02. The molecule has 0 unspecified atom stereocenters. The van der Waals surface area contributed by atoms with Crippen LogP contribution in [0.25, 0.3) is 5.69 Å². The fourth-order valence-corrected chi connectivity index (χ4v) is 3.64. The molecule has 0 spiro atoms. The molecule has 1 heterocycles. The Kier molecular flexibility index (Phi) is 8.95. The highest BCUT2D eigenvalue weighted by atomic mass is 35.5. The van der Waals surface area contributed by atoms with Crippen molar-refractivity contribution in [3.8, 4) is 17.8 Å². The van der Waals surface area contributed by atoms with Gasteiger partial charge in [-0.25, -0.2) is 4.79 Å². The zero-order chi connectivity index (χ0) is 26.9. The highest BCUT2D eigenvalue weighted by Gasteiger charge is 2.16. The lowest BCUT2D eigenvalue weighted by Crippen LogP contribution is -2.36. The van der Waals surface area contributed by atoms with Crippen LogP contribution in [0, 0.1) is 22.7 Å². The van der Waals surface area contributed by atoms with Crippen molar-refractivity contribution in [3.05, 3.63) is 85.8 Å². The molecule has 0 atom stereocenters. The third kappa shape index (κ3) is 6.92. The van der Waals surface area contributed by atoms with Gasteiger partial charge in [0.25, 0.3) is 11.5 Å². The fraction of sp³-hybridized carbons (Fsp3) is 0.125. The van der Waals surface area contributed by atoms with Crippen LogP contribution in [0.15, 0.2) is 58.4 Å². The number of aromatic nitrogens is 2. The largest absolute Gasteiger partial charge is 0.450 e. The molecular formula is C24H17Cl2N7O4. The van der Waals surface area contributed by atoms with Crippen molar-refractivity contribution in [1.29, 1.82) is 10.5 Å². The van der Waals surface area contributed by atoms with Crippen molar-refractivity contribution in [2.75, 3.05) is 12.0 Å². The molecule has 0 bridgehead atoms. The van der Waals surface area contributed by atoms with Gasteiger partial charge in [0.2, 0.25) is 5.71 Å². The minimum Gasteiger partial charge on any atom is -0.450 e. The number of hydrazone groups is 1. The summed E-state index contributed by atoms with van der Waals surface area (Å²) in [6.45, 7) is 1.61. The van der Waals surface area contributed by atoms with Crippen LogP contribution in [0.5, 0.6) is 0 Å². The van der Waals surface area contributed by atoms with E-state index < -0.39 is 17.7 Å². The molecule has 2 amide bonds. The maximum absolute atomic E-state index is 12.4. The average molecular weight is 538 g/mol. The van der Waals surface area contributed by atoms with Crippen LogP contribution in [0.2, 0.25) is 10.0 Å². The van der Waals surface area contributed by atoms with Crippen LogP contribution >= 0.6 is 23.2 Å². The Morgan fingerprint density at radius 1 is 1.14 bits per heavy atom. The highest BCUT2D eigenvalue weighted by Crippen LogP contribution is 2.30. The minimum absolute atomic E-state index is 0.0463. The Morgan fingerprint density at radius 2 is 1.86 bits per heavy atom. The average Bonchev–Trinajstić information content (AvgIpc) is 2.87. The number of nitrogens with one attached hydrogen (secondary N) is 2. The molecule has 0 saturated heterocycles. The lowest BCUT2D eigenvalue weighted by molar-refractivity contribution is -0.114. The third-order valence-electron chi connectivity index (χ3n) is 4.68. The highest BCUT2D eigenvalue weighted by molar-refractivity contribution is 6.47. The molecule has 2 aromatic carbocycles. The summed E-state index contributed by atoms with van der Waals surface area (Å²) >= 11 is 12.8. The molecule has 3 rings (SSSR count). The zero-order valence-corrected chi connectivity index (χ0v) is 20.7. The Morgan fingerprint density at radius 3 is 2.51 bits per heavy atom. The van der Waals surface area contributed by atoms with Crippen molar-refractivity contribution < 1.29 is 14.3 Å². The number of amides is 2. The van der Waals surface area contributed by atoms with Gasteiger partial charge < -0.3 is 4.74 Å². The van der Waals surface area contributed by atoms with E-state index in [1.165, 1.54) is 28.9 Å². The lowest BCUT2D eigenvalue weighted by atomic mass is 10.1. The third-order valence-corrected chi connectivity index (χ3v) is 5.36. The molecule has 0 aliphatic heterocycles. The van der Waals surface area contributed by atoms with Crippen LogP contribution in [-0.4, -0.2) is 34.1 Å². The predicted octanol–water partition coefficient (Wildman–Crippen LogP) is 3.57. The number of carbonyl (C=O) groups is 2. The topological polar surface area (TPSA) is 162 Å². The number of nitriles is 2. The molecule has 0 fully saturated rings. The summed E-state index contributed by atoms with van der Waals surface area (Å²) in [5, 5.41) is 28.6.